The summed E-state index contributed by atoms with van der Waals surface area (Å²) in [6.07, 6.45) is 20.2. The molecule has 0 saturated heterocycles. The molecule has 0 bridgehead atoms. The maximum absolute atomic E-state index is 12.8. The van der Waals surface area contributed by atoms with Crippen molar-refractivity contribution in [3.63, 3.8) is 0 Å². The Morgan fingerprint density at radius 3 is 1.97 bits per heavy atom. The monoisotopic (exact) mass is 395 g/mol. The van der Waals surface area contributed by atoms with Crippen LogP contribution in [0.2, 0.25) is 0 Å². The summed E-state index contributed by atoms with van der Waals surface area (Å²) >= 11 is 0. The third-order valence-corrected chi connectivity index (χ3v) is 7.94. The van der Waals surface area contributed by atoms with Crippen molar-refractivity contribution in [3.8, 4) is 0 Å². The average Bonchev–Trinajstić information content (AvgIpc) is 2.81. The van der Waals surface area contributed by atoms with Gasteiger partial charge in [-0.3, -0.25) is 4.79 Å². The third-order valence-electron chi connectivity index (χ3n) is 7.94. The van der Waals surface area contributed by atoms with Crippen LogP contribution in [0.5, 0.6) is 0 Å². The molecule has 1 aromatic rings. The topological polar surface area (TPSA) is 26.3 Å². The Kier molecular flexibility index (Phi) is 7.68. The molecule has 0 amide bonds. The molecule has 0 aromatic heterocycles. The van der Waals surface area contributed by atoms with Gasteiger partial charge in [0.15, 0.2) is 6.10 Å². The summed E-state index contributed by atoms with van der Waals surface area (Å²) in [5, 5.41) is 0. The van der Waals surface area contributed by atoms with Gasteiger partial charge in [-0.05, 0) is 55.4 Å². The maximum atomic E-state index is 12.8. The lowest BCUT2D eigenvalue weighted by atomic mass is 9.70. The van der Waals surface area contributed by atoms with E-state index in [2.05, 4.69) is 24.3 Å². The van der Waals surface area contributed by atoms with Crippen LogP contribution in [0, 0.1) is 29.8 Å². The molecule has 4 rings (SSSR count). The molecule has 2 nitrogen and oxygen atoms in total. The van der Waals surface area contributed by atoms with Crippen LogP contribution in [-0.4, -0.2) is 5.97 Å². The zero-order chi connectivity index (χ0) is 19.9. The number of hydrogen-bond acceptors (Lipinski definition) is 2. The van der Waals surface area contributed by atoms with Crippen molar-refractivity contribution in [1.82, 2.24) is 0 Å². The van der Waals surface area contributed by atoms with E-state index >= 15 is 0 Å². The van der Waals surface area contributed by atoms with Gasteiger partial charge in [0, 0.05) is 0 Å². The Labute approximate surface area is 177 Å². The van der Waals surface area contributed by atoms with Gasteiger partial charge in [-0.2, -0.15) is 0 Å². The number of hydrogen-bond donors (Lipinski definition) is 0. The van der Waals surface area contributed by atoms with Gasteiger partial charge in [0.2, 0.25) is 0 Å². The smallest absolute Gasteiger partial charge is 0.309 e. The van der Waals surface area contributed by atoms with Gasteiger partial charge in [-0.15, -0.1) is 0 Å². The van der Waals surface area contributed by atoms with Crippen LogP contribution in [0.15, 0.2) is 30.3 Å². The fourth-order valence-corrected chi connectivity index (χ4v) is 6.12. The molecule has 0 heterocycles. The van der Waals surface area contributed by atoms with Crippen molar-refractivity contribution in [2.75, 3.05) is 0 Å². The van der Waals surface area contributed by atoms with E-state index in [9.17, 15) is 4.79 Å². The minimum atomic E-state index is 0.0273. The lowest BCUT2D eigenvalue weighted by Gasteiger charge is -2.36. The minimum absolute atomic E-state index is 0.0273. The van der Waals surface area contributed by atoms with Crippen molar-refractivity contribution in [2.45, 2.75) is 96.3 Å². The lowest BCUT2D eigenvalue weighted by Crippen LogP contribution is -2.27. The summed E-state index contributed by atoms with van der Waals surface area (Å²) in [4.78, 5) is 12.8. The predicted octanol–water partition coefficient (Wildman–Crippen LogP) is 7.47. The molecule has 3 fully saturated rings. The first kappa shape index (κ1) is 20.9. The molecule has 0 aliphatic heterocycles. The summed E-state index contributed by atoms with van der Waals surface area (Å²) in [5.41, 5.74) is 1.10. The van der Waals surface area contributed by atoms with Crippen molar-refractivity contribution < 1.29 is 9.53 Å². The van der Waals surface area contributed by atoms with E-state index in [1.807, 2.05) is 6.07 Å². The van der Waals surface area contributed by atoms with Gasteiger partial charge in [-0.25, -0.2) is 0 Å². The first-order chi connectivity index (χ1) is 14.3. The zero-order valence-electron chi connectivity index (χ0n) is 18.1. The number of carbonyl (C=O) groups is 1. The van der Waals surface area contributed by atoms with E-state index in [1.165, 1.54) is 77.0 Å². The van der Waals surface area contributed by atoms with E-state index in [-0.39, 0.29) is 11.9 Å². The molecular formula is C27H39O2. The second-order valence-electron chi connectivity index (χ2n) is 9.93. The molecule has 29 heavy (non-hydrogen) atoms. The summed E-state index contributed by atoms with van der Waals surface area (Å²) in [7, 11) is 0. The fraction of sp³-hybridized carbons (Fsp3) is 0.704. The summed E-state index contributed by atoms with van der Waals surface area (Å²) < 4.78 is 6.10. The maximum Gasteiger partial charge on any atom is 0.309 e. The first-order valence-electron chi connectivity index (χ1n) is 12.4. The van der Waals surface area contributed by atoms with Crippen LogP contribution >= 0.6 is 0 Å². The normalized spacial score (nSPS) is 27.1. The fourth-order valence-electron chi connectivity index (χ4n) is 6.12. The van der Waals surface area contributed by atoms with E-state index in [0.717, 1.165) is 42.8 Å². The molecule has 3 aliphatic rings. The van der Waals surface area contributed by atoms with Gasteiger partial charge >= 0.3 is 5.97 Å². The molecule has 0 unspecified atom stereocenters. The highest BCUT2D eigenvalue weighted by Gasteiger charge is 2.32. The number of carbonyl (C=O) groups excluding carboxylic acids is 1. The molecule has 0 N–H and O–H groups in total. The third kappa shape index (κ3) is 5.86. The van der Waals surface area contributed by atoms with Gasteiger partial charge < -0.3 is 4.74 Å². The largest absolute Gasteiger partial charge is 0.449 e. The highest BCUT2D eigenvalue weighted by Crippen LogP contribution is 2.42. The number of benzene rings is 1. The zero-order valence-corrected chi connectivity index (χ0v) is 18.1. The molecule has 0 spiro atoms. The first-order valence-corrected chi connectivity index (χ1v) is 12.4. The van der Waals surface area contributed by atoms with E-state index in [4.69, 9.17) is 4.74 Å². The lowest BCUT2D eigenvalue weighted by molar-refractivity contribution is -0.148. The van der Waals surface area contributed by atoms with Crippen LogP contribution in [0.1, 0.15) is 102 Å². The molecular weight excluding hydrogens is 356 g/mol. The van der Waals surface area contributed by atoms with Gasteiger partial charge in [0.25, 0.3) is 0 Å². The van der Waals surface area contributed by atoms with Gasteiger partial charge in [-0.1, -0.05) is 94.5 Å². The second-order valence-corrected chi connectivity index (χ2v) is 9.93. The van der Waals surface area contributed by atoms with E-state index < -0.39 is 0 Å². The Hall–Kier alpha value is -1.31. The van der Waals surface area contributed by atoms with Crippen molar-refractivity contribution >= 4 is 5.97 Å². The van der Waals surface area contributed by atoms with Crippen LogP contribution < -0.4 is 0 Å². The number of ether oxygens (including phenoxy) is 1. The predicted molar refractivity (Wildman–Crippen MR) is 118 cm³/mol. The highest BCUT2D eigenvalue weighted by molar-refractivity contribution is 5.73. The van der Waals surface area contributed by atoms with Crippen LogP contribution in [-0.2, 0) is 9.53 Å². The van der Waals surface area contributed by atoms with E-state index in [0.29, 0.717) is 5.92 Å². The SMILES string of the molecule is O=C(O[C](CC1CCC(C2CCCCC2)CC1)c1ccccc1)C1CCCCC1. The molecule has 3 aliphatic carbocycles. The number of rotatable bonds is 6. The highest BCUT2D eigenvalue weighted by atomic mass is 16.5. The minimum Gasteiger partial charge on any atom is -0.449 e. The van der Waals surface area contributed by atoms with Crippen LogP contribution in [0.25, 0.3) is 0 Å². The molecule has 0 atom stereocenters. The van der Waals surface area contributed by atoms with Crippen LogP contribution in [0.3, 0.4) is 0 Å². The van der Waals surface area contributed by atoms with Gasteiger partial charge in [0.1, 0.15) is 0 Å². The summed E-state index contributed by atoms with van der Waals surface area (Å²) in [6.45, 7) is 0. The summed E-state index contributed by atoms with van der Waals surface area (Å²) in [6, 6.07) is 10.4. The second kappa shape index (κ2) is 10.6. The Bertz CT molecular complexity index is 605. The molecule has 1 aromatic carbocycles. The summed E-state index contributed by atoms with van der Waals surface area (Å²) in [5.74, 6) is 2.76. The van der Waals surface area contributed by atoms with Crippen molar-refractivity contribution in [2.24, 2.45) is 23.7 Å². The number of esters is 1. The average molecular weight is 396 g/mol. The Morgan fingerprint density at radius 1 is 0.724 bits per heavy atom. The van der Waals surface area contributed by atoms with Crippen molar-refractivity contribution in [3.05, 3.63) is 42.0 Å². The molecule has 159 valence electrons. The van der Waals surface area contributed by atoms with Crippen molar-refractivity contribution in [1.29, 1.82) is 0 Å². The standard InChI is InChI=1S/C27H39O2/c28-27(25-14-8-3-9-15-25)29-26(24-12-6-2-7-13-24)20-21-16-18-23(19-17-21)22-10-4-1-5-11-22/h2,6-7,12-13,21-23,25H,1,3-5,8-11,14-20H2. The Morgan fingerprint density at radius 2 is 1.31 bits per heavy atom. The quantitative estimate of drug-likeness (QED) is 0.467. The van der Waals surface area contributed by atoms with Crippen LogP contribution in [0.4, 0.5) is 0 Å². The van der Waals surface area contributed by atoms with E-state index in [1.54, 1.807) is 0 Å². The molecule has 2 heteroatoms. The van der Waals surface area contributed by atoms with Gasteiger partial charge in [0.05, 0.1) is 5.92 Å². The molecule has 3 saturated carbocycles. The molecule has 1 radical (unpaired) electrons. The Balaban J connectivity index is 1.34.